The molecular formula is C10H8F2O2. The van der Waals surface area contributed by atoms with Gasteiger partial charge in [0.2, 0.25) is 0 Å². The minimum atomic E-state index is -1.44. The molecule has 0 fully saturated rings. The third-order valence-corrected chi connectivity index (χ3v) is 1.75. The lowest BCUT2D eigenvalue weighted by Gasteiger charge is -2.05. The first kappa shape index (κ1) is 10.4. The number of halogens is 2. The molecule has 0 spiro atoms. The molecule has 74 valence electrons. The van der Waals surface area contributed by atoms with E-state index < -0.39 is 28.7 Å². The topological polar surface area (TPSA) is 37.3 Å². The van der Waals surface area contributed by atoms with Gasteiger partial charge in [-0.15, -0.1) is 0 Å². The summed E-state index contributed by atoms with van der Waals surface area (Å²) in [5.74, 6) is -3.25. The van der Waals surface area contributed by atoms with Crippen molar-refractivity contribution in [1.29, 1.82) is 0 Å². The summed E-state index contributed by atoms with van der Waals surface area (Å²) < 4.78 is 26.3. The third kappa shape index (κ3) is 1.79. The van der Waals surface area contributed by atoms with Crippen LogP contribution in [-0.4, -0.2) is 11.1 Å². The zero-order valence-corrected chi connectivity index (χ0v) is 7.47. The quantitative estimate of drug-likeness (QED) is 0.740. The fourth-order valence-corrected chi connectivity index (χ4v) is 1.10. The van der Waals surface area contributed by atoms with Gasteiger partial charge in [-0.3, -0.25) is 0 Å². The van der Waals surface area contributed by atoms with Crippen molar-refractivity contribution < 1.29 is 18.7 Å². The van der Waals surface area contributed by atoms with E-state index in [0.29, 0.717) is 5.56 Å². The van der Waals surface area contributed by atoms with E-state index in [2.05, 4.69) is 6.58 Å². The number of carboxylic acids is 1. The lowest BCUT2D eigenvalue weighted by molar-refractivity contribution is -0.130. The van der Waals surface area contributed by atoms with E-state index in [4.69, 9.17) is 5.11 Å². The van der Waals surface area contributed by atoms with Gasteiger partial charge in [-0.2, -0.15) is 0 Å². The van der Waals surface area contributed by atoms with Gasteiger partial charge in [-0.25, -0.2) is 13.6 Å². The number of aliphatic carboxylic acids is 1. The predicted octanol–water partition coefficient (Wildman–Crippen LogP) is 2.37. The minimum Gasteiger partial charge on any atom is -0.478 e. The molecule has 1 N–H and O–H groups in total. The largest absolute Gasteiger partial charge is 0.478 e. The monoisotopic (exact) mass is 198 g/mol. The Labute approximate surface area is 79.5 Å². The van der Waals surface area contributed by atoms with Crippen LogP contribution in [0.5, 0.6) is 0 Å². The van der Waals surface area contributed by atoms with Crippen molar-refractivity contribution in [2.75, 3.05) is 0 Å². The van der Waals surface area contributed by atoms with Crippen LogP contribution in [0.4, 0.5) is 8.78 Å². The second-order valence-electron chi connectivity index (χ2n) is 2.89. The molecule has 0 heterocycles. The number of hydrogen-bond donors (Lipinski definition) is 1. The maximum absolute atomic E-state index is 13.2. The summed E-state index contributed by atoms with van der Waals surface area (Å²) in [6.45, 7) is 4.61. The molecule has 0 aromatic heterocycles. The van der Waals surface area contributed by atoms with Gasteiger partial charge in [0, 0.05) is 0 Å². The molecule has 0 bridgehead atoms. The molecule has 14 heavy (non-hydrogen) atoms. The van der Waals surface area contributed by atoms with Crippen LogP contribution in [0.15, 0.2) is 18.7 Å². The molecule has 0 saturated carbocycles. The highest BCUT2D eigenvalue weighted by molar-refractivity contribution is 6.14. The van der Waals surface area contributed by atoms with Gasteiger partial charge < -0.3 is 5.11 Å². The van der Waals surface area contributed by atoms with Gasteiger partial charge in [-0.05, 0) is 24.6 Å². The molecule has 0 aliphatic rings. The van der Waals surface area contributed by atoms with Crippen molar-refractivity contribution in [2.45, 2.75) is 6.92 Å². The van der Waals surface area contributed by atoms with Crippen LogP contribution >= 0.6 is 0 Å². The zero-order valence-electron chi connectivity index (χ0n) is 7.47. The average Bonchev–Trinajstić information content (AvgIpc) is 2.01. The van der Waals surface area contributed by atoms with Crippen molar-refractivity contribution >= 4 is 11.5 Å². The highest BCUT2D eigenvalue weighted by atomic mass is 19.1. The molecule has 1 aromatic carbocycles. The summed E-state index contributed by atoms with van der Waals surface area (Å²) in [7, 11) is 0. The lowest BCUT2D eigenvalue weighted by Crippen LogP contribution is -2.03. The molecule has 0 aliphatic heterocycles. The predicted molar refractivity (Wildman–Crippen MR) is 47.8 cm³/mol. The number of benzene rings is 1. The average molecular weight is 198 g/mol. The van der Waals surface area contributed by atoms with E-state index in [1.165, 1.54) is 6.92 Å². The SMILES string of the molecule is C=C(C(=O)O)c1c(F)cc(C)cc1F. The van der Waals surface area contributed by atoms with Crippen LogP contribution < -0.4 is 0 Å². The second kappa shape index (κ2) is 3.57. The Bertz CT molecular complexity index is 388. The smallest absolute Gasteiger partial charge is 0.335 e. The minimum absolute atomic E-state index is 0.391. The van der Waals surface area contributed by atoms with Gasteiger partial charge in [-0.1, -0.05) is 6.58 Å². The summed E-state index contributed by atoms with van der Waals surface area (Å²) in [5.41, 5.74) is -0.773. The van der Waals surface area contributed by atoms with Crippen molar-refractivity contribution in [2.24, 2.45) is 0 Å². The Morgan fingerprint density at radius 1 is 1.36 bits per heavy atom. The van der Waals surface area contributed by atoms with Crippen molar-refractivity contribution in [3.63, 3.8) is 0 Å². The van der Waals surface area contributed by atoms with Crippen LogP contribution in [0.2, 0.25) is 0 Å². The van der Waals surface area contributed by atoms with E-state index in [-0.39, 0.29) is 0 Å². The van der Waals surface area contributed by atoms with Crippen molar-refractivity contribution in [1.82, 2.24) is 0 Å². The maximum Gasteiger partial charge on any atom is 0.335 e. The van der Waals surface area contributed by atoms with Crippen LogP contribution in [0.1, 0.15) is 11.1 Å². The Hall–Kier alpha value is -1.71. The molecule has 0 atom stereocenters. The fourth-order valence-electron chi connectivity index (χ4n) is 1.10. The first-order valence-electron chi connectivity index (χ1n) is 3.81. The summed E-state index contributed by atoms with van der Waals surface area (Å²) in [6, 6.07) is 2.12. The Morgan fingerprint density at radius 2 is 1.79 bits per heavy atom. The number of rotatable bonds is 2. The van der Waals surface area contributed by atoms with Gasteiger partial charge in [0.1, 0.15) is 11.6 Å². The standard InChI is InChI=1S/C10H8F2O2/c1-5-3-7(11)9(8(12)4-5)6(2)10(13)14/h3-4H,2H2,1H3,(H,13,14). The highest BCUT2D eigenvalue weighted by Gasteiger charge is 2.17. The summed E-state index contributed by atoms with van der Waals surface area (Å²) in [5, 5.41) is 8.52. The molecule has 0 amide bonds. The van der Waals surface area contributed by atoms with Gasteiger partial charge >= 0.3 is 5.97 Å². The Kier molecular flexibility index (Phi) is 2.65. The van der Waals surface area contributed by atoms with Crippen molar-refractivity contribution in [3.8, 4) is 0 Å². The first-order valence-corrected chi connectivity index (χ1v) is 3.81. The normalized spacial score (nSPS) is 9.93. The Morgan fingerprint density at radius 3 is 2.14 bits per heavy atom. The molecular weight excluding hydrogens is 190 g/mol. The number of hydrogen-bond acceptors (Lipinski definition) is 1. The molecule has 2 nitrogen and oxygen atoms in total. The van der Waals surface area contributed by atoms with E-state index in [9.17, 15) is 13.6 Å². The number of carbonyl (C=O) groups is 1. The van der Waals surface area contributed by atoms with Gasteiger partial charge in [0.05, 0.1) is 11.1 Å². The number of aryl methyl sites for hydroxylation is 1. The highest BCUT2D eigenvalue weighted by Crippen LogP contribution is 2.22. The van der Waals surface area contributed by atoms with Crippen LogP contribution in [0.3, 0.4) is 0 Å². The van der Waals surface area contributed by atoms with Crippen LogP contribution in [0.25, 0.3) is 5.57 Å². The fraction of sp³-hybridized carbons (Fsp3) is 0.100. The second-order valence-corrected chi connectivity index (χ2v) is 2.89. The van der Waals surface area contributed by atoms with E-state index in [0.717, 1.165) is 12.1 Å². The molecule has 0 unspecified atom stereocenters. The summed E-state index contributed by atoms with van der Waals surface area (Å²) in [4.78, 5) is 10.5. The lowest BCUT2D eigenvalue weighted by atomic mass is 10.0. The zero-order chi connectivity index (χ0) is 10.9. The van der Waals surface area contributed by atoms with E-state index in [1.807, 2.05) is 0 Å². The van der Waals surface area contributed by atoms with E-state index >= 15 is 0 Å². The molecule has 4 heteroatoms. The number of carboxylic acid groups (broad SMARTS) is 1. The third-order valence-electron chi connectivity index (χ3n) is 1.75. The summed E-state index contributed by atoms with van der Waals surface area (Å²) >= 11 is 0. The van der Waals surface area contributed by atoms with E-state index in [1.54, 1.807) is 0 Å². The van der Waals surface area contributed by atoms with Gasteiger partial charge in [0.25, 0.3) is 0 Å². The summed E-state index contributed by atoms with van der Waals surface area (Å²) in [6.07, 6.45) is 0. The van der Waals surface area contributed by atoms with Crippen LogP contribution in [-0.2, 0) is 4.79 Å². The molecule has 0 aliphatic carbocycles. The molecule has 0 radical (unpaired) electrons. The molecule has 1 aromatic rings. The molecule has 1 rings (SSSR count). The van der Waals surface area contributed by atoms with Crippen molar-refractivity contribution in [3.05, 3.63) is 41.5 Å². The Balaban J connectivity index is 3.35. The van der Waals surface area contributed by atoms with Crippen LogP contribution in [0, 0.1) is 18.6 Å². The first-order chi connectivity index (χ1) is 6.43. The van der Waals surface area contributed by atoms with Gasteiger partial charge in [0.15, 0.2) is 0 Å². The maximum atomic E-state index is 13.2. The molecule has 0 saturated heterocycles.